The van der Waals surface area contributed by atoms with Gasteiger partial charge in [0.05, 0.1) is 23.2 Å². The van der Waals surface area contributed by atoms with Gasteiger partial charge in [0.1, 0.15) is 18.1 Å². The van der Waals surface area contributed by atoms with Crippen molar-refractivity contribution >= 4 is 11.4 Å². The minimum absolute atomic E-state index is 0.124. The van der Waals surface area contributed by atoms with Gasteiger partial charge in [0, 0.05) is 25.7 Å². The molecular formula is C18H15F3N8O. The Morgan fingerprint density at radius 1 is 1.27 bits per heavy atom. The maximum absolute atomic E-state index is 13.4. The highest BCUT2D eigenvalue weighted by atomic mass is 19.4. The van der Waals surface area contributed by atoms with Crippen LogP contribution in [0.2, 0.25) is 0 Å². The van der Waals surface area contributed by atoms with Gasteiger partial charge in [0.15, 0.2) is 0 Å². The topological polar surface area (TPSA) is 97.0 Å². The number of aryl methyl sites for hydroxylation is 1. The lowest BCUT2D eigenvalue weighted by molar-refractivity contribution is -0.142. The molecule has 12 heteroatoms. The van der Waals surface area contributed by atoms with Crippen molar-refractivity contribution in [1.29, 1.82) is 0 Å². The number of halogens is 3. The molecule has 0 saturated heterocycles. The van der Waals surface area contributed by atoms with Gasteiger partial charge in [-0.05, 0) is 18.2 Å². The van der Waals surface area contributed by atoms with Crippen LogP contribution in [-0.2, 0) is 19.6 Å². The number of aromatic nitrogens is 7. The number of amides is 1. The molecule has 0 radical (unpaired) electrons. The number of aromatic amines is 1. The minimum Gasteiger partial charge on any atom is -0.348 e. The van der Waals surface area contributed by atoms with Crippen molar-refractivity contribution in [2.75, 3.05) is 6.54 Å². The number of pyridine rings is 1. The van der Waals surface area contributed by atoms with Crippen molar-refractivity contribution in [2.24, 2.45) is 7.05 Å². The number of nitrogens with zero attached hydrogens (tertiary/aromatic N) is 7. The number of carbonyl (C=O) groups is 1. The van der Waals surface area contributed by atoms with E-state index in [-0.39, 0.29) is 17.0 Å². The van der Waals surface area contributed by atoms with Crippen molar-refractivity contribution in [3.05, 3.63) is 65.5 Å². The molecule has 1 atom stereocenters. The molecule has 0 fully saturated rings. The normalized spacial score (nSPS) is 16.8. The summed E-state index contributed by atoms with van der Waals surface area (Å²) in [6.07, 6.45) is -1.27. The van der Waals surface area contributed by atoms with Gasteiger partial charge in [-0.2, -0.15) is 23.4 Å². The van der Waals surface area contributed by atoms with Crippen LogP contribution in [0.3, 0.4) is 0 Å². The number of hydrogen-bond donors (Lipinski definition) is 1. The van der Waals surface area contributed by atoms with Crippen LogP contribution >= 0.6 is 0 Å². The average Bonchev–Trinajstić information content (AvgIpc) is 3.43. The largest absolute Gasteiger partial charge is 0.433 e. The average molecular weight is 416 g/mol. The lowest BCUT2D eigenvalue weighted by Gasteiger charge is -2.33. The van der Waals surface area contributed by atoms with Crippen LogP contribution in [0.1, 0.15) is 39.4 Å². The molecule has 1 aliphatic rings. The van der Waals surface area contributed by atoms with E-state index in [4.69, 9.17) is 0 Å². The number of H-pyrrole nitrogens is 1. The molecule has 4 aromatic rings. The Morgan fingerprint density at radius 2 is 2.10 bits per heavy atom. The second-order valence-electron chi connectivity index (χ2n) is 6.94. The Bertz CT molecular complexity index is 1250. The van der Waals surface area contributed by atoms with E-state index in [0.717, 1.165) is 16.3 Å². The van der Waals surface area contributed by atoms with E-state index in [0.29, 0.717) is 18.7 Å². The molecule has 5 heterocycles. The van der Waals surface area contributed by atoms with Crippen LogP contribution < -0.4 is 0 Å². The molecular weight excluding hydrogens is 401 g/mol. The molecule has 1 N–H and O–H groups in total. The van der Waals surface area contributed by atoms with Crippen molar-refractivity contribution < 1.29 is 18.0 Å². The Morgan fingerprint density at radius 3 is 2.83 bits per heavy atom. The number of nitrogens with one attached hydrogen (secondary N) is 1. The molecule has 4 aromatic heterocycles. The monoisotopic (exact) mass is 416 g/mol. The molecule has 0 saturated carbocycles. The molecule has 30 heavy (non-hydrogen) atoms. The van der Waals surface area contributed by atoms with Crippen LogP contribution in [0, 0.1) is 0 Å². The van der Waals surface area contributed by atoms with Crippen LogP contribution in [0.5, 0.6) is 0 Å². The smallest absolute Gasteiger partial charge is 0.348 e. The highest BCUT2D eigenvalue weighted by molar-refractivity contribution is 5.91. The third-order valence-electron chi connectivity index (χ3n) is 5.16. The molecule has 0 aliphatic carbocycles. The maximum atomic E-state index is 13.4. The Balaban J connectivity index is 1.66. The summed E-state index contributed by atoms with van der Waals surface area (Å²) in [6, 6.07) is 4.61. The highest BCUT2D eigenvalue weighted by Gasteiger charge is 2.39. The van der Waals surface area contributed by atoms with E-state index in [1.54, 1.807) is 13.1 Å². The molecule has 0 bridgehead atoms. The van der Waals surface area contributed by atoms with Crippen molar-refractivity contribution in [3.63, 3.8) is 0 Å². The van der Waals surface area contributed by atoms with E-state index in [9.17, 15) is 18.0 Å². The second-order valence-corrected chi connectivity index (χ2v) is 6.94. The van der Waals surface area contributed by atoms with Gasteiger partial charge in [0.25, 0.3) is 5.91 Å². The predicted octanol–water partition coefficient (Wildman–Crippen LogP) is 1.99. The first kappa shape index (κ1) is 18.3. The van der Waals surface area contributed by atoms with E-state index in [2.05, 4.69) is 25.1 Å². The fourth-order valence-electron chi connectivity index (χ4n) is 3.80. The quantitative estimate of drug-likeness (QED) is 0.539. The third-order valence-corrected chi connectivity index (χ3v) is 5.16. The molecule has 1 unspecified atom stereocenters. The summed E-state index contributed by atoms with van der Waals surface area (Å²) >= 11 is 0. The zero-order chi connectivity index (χ0) is 21.0. The number of carbonyl (C=O) groups excluding carboxylic acids is 1. The lowest BCUT2D eigenvalue weighted by Crippen LogP contribution is -2.42. The summed E-state index contributed by atoms with van der Waals surface area (Å²) in [7, 11) is 1.60. The first-order valence-electron chi connectivity index (χ1n) is 9.07. The van der Waals surface area contributed by atoms with E-state index in [1.165, 1.54) is 34.4 Å². The summed E-state index contributed by atoms with van der Waals surface area (Å²) in [4.78, 5) is 26.1. The third kappa shape index (κ3) is 2.75. The summed E-state index contributed by atoms with van der Waals surface area (Å²) < 4.78 is 42.5. The number of rotatable bonds is 2. The van der Waals surface area contributed by atoms with Crippen LogP contribution in [0.4, 0.5) is 13.2 Å². The highest BCUT2D eigenvalue weighted by Crippen LogP contribution is 2.35. The van der Waals surface area contributed by atoms with Gasteiger partial charge in [-0.15, -0.1) is 0 Å². The predicted molar refractivity (Wildman–Crippen MR) is 96.4 cm³/mol. The van der Waals surface area contributed by atoms with Gasteiger partial charge in [-0.1, -0.05) is 6.07 Å². The fourth-order valence-corrected chi connectivity index (χ4v) is 3.80. The zero-order valence-corrected chi connectivity index (χ0v) is 15.6. The van der Waals surface area contributed by atoms with Gasteiger partial charge in [-0.3, -0.25) is 4.79 Å². The van der Waals surface area contributed by atoms with Crippen molar-refractivity contribution in [2.45, 2.75) is 18.6 Å². The standard InChI is InChI=1S/C18H15F3N8O/c1-27-16(24-9-25-27)17(30)28-6-5-11-14(23-8-22-11)15(28)12-7-10-3-2-4-13(18(19,20)21)29(10)26-12/h2-4,7-9,15H,5-6H2,1H3,(H,22,23). The van der Waals surface area contributed by atoms with E-state index in [1.807, 2.05) is 0 Å². The molecule has 0 spiro atoms. The van der Waals surface area contributed by atoms with Crippen LogP contribution in [0.25, 0.3) is 5.52 Å². The second kappa shape index (κ2) is 6.40. The lowest BCUT2D eigenvalue weighted by atomic mass is 9.99. The Labute approximate surface area is 167 Å². The summed E-state index contributed by atoms with van der Waals surface area (Å²) in [5, 5.41) is 8.15. The van der Waals surface area contributed by atoms with Gasteiger partial charge < -0.3 is 9.88 Å². The first-order valence-corrected chi connectivity index (χ1v) is 9.07. The number of hydrogen-bond acceptors (Lipinski definition) is 5. The summed E-state index contributed by atoms with van der Waals surface area (Å²) in [5.41, 5.74) is 1.03. The molecule has 1 amide bonds. The molecule has 1 aliphatic heterocycles. The van der Waals surface area contributed by atoms with Gasteiger partial charge >= 0.3 is 6.18 Å². The molecule has 0 aromatic carbocycles. The zero-order valence-electron chi connectivity index (χ0n) is 15.6. The SMILES string of the molecule is Cn1ncnc1C(=O)N1CCc2[nH]cnc2C1c1cc2cccc(C(F)(F)F)n2n1. The molecule has 154 valence electrons. The van der Waals surface area contributed by atoms with Crippen molar-refractivity contribution in [3.8, 4) is 0 Å². The van der Waals surface area contributed by atoms with Gasteiger partial charge in [0.2, 0.25) is 5.82 Å². The Kier molecular flexibility index (Phi) is 3.91. The number of alkyl halides is 3. The summed E-state index contributed by atoms with van der Waals surface area (Å²) in [6.45, 7) is 0.325. The number of imidazole rings is 1. The summed E-state index contributed by atoms with van der Waals surface area (Å²) in [5.74, 6) is -0.277. The van der Waals surface area contributed by atoms with E-state index < -0.39 is 23.8 Å². The molecule has 9 nitrogen and oxygen atoms in total. The van der Waals surface area contributed by atoms with Crippen LogP contribution in [-0.4, -0.2) is 51.7 Å². The fraction of sp³-hybridized carbons (Fsp3) is 0.278. The van der Waals surface area contributed by atoms with Gasteiger partial charge in [-0.25, -0.2) is 19.2 Å². The maximum Gasteiger partial charge on any atom is 0.433 e. The van der Waals surface area contributed by atoms with E-state index >= 15 is 0 Å². The van der Waals surface area contributed by atoms with Crippen LogP contribution in [0.15, 0.2) is 36.9 Å². The van der Waals surface area contributed by atoms with Crippen molar-refractivity contribution in [1.82, 2.24) is 39.2 Å². The molecule has 5 rings (SSSR count). The Hall–Kier alpha value is -3.70. The minimum atomic E-state index is -4.57. The number of fused-ring (bicyclic) bond motifs is 2. The first-order chi connectivity index (χ1) is 14.3.